The Morgan fingerprint density at radius 2 is 2.15 bits per heavy atom. The Hall–Kier alpha value is -1.11. The lowest BCUT2D eigenvalue weighted by Crippen LogP contribution is -2.43. The van der Waals surface area contributed by atoms with E-state index in [9.17, 15) is 0 Å². The van der Waals surface area contributed by atoms with E-state index in [1.165, 1.54) is 11.1 Å². The van der Waals surface area contributed by atoms with Gasteiger partial charge in [0.05, 0.1) is 0 Å². The molecule has 0 amide bonds. The average Bonchev–Trinajstić information content (AvgIpc) is 2.92. The second-order valence-corrected chi connectivity index (χ2v) is 4.84. The molecule has 2 rings (SSSR count). The molecule has 0 spiro atoms. The number of nitrogens with one attached hydrogen (secondary N) is 2. The highest BCUT2D eigenvalue weighted by molar-refractivity contribution is 14.0. The SMILES string of the molecule is CN=C(NCCc1ccncc1C)NC1CC=CC1.I. The van der Waals surface area contributed by atoms with Gasteiger partial charge in [0.25, 0.3) is 0 Å². The summed E-state index contributed by atoms with van der Waals surface area (Å²) in [4.78, 5) is 8.37. The number of hydrogen-bond donors (Lipinski definition) is 2. The molecular weight excluding hydrogens is 363 g/mol. The lowest BCUT2D eigenvalue weighted by atomic mass is 10.1. The highest BCUT2D eigenvalue weighted by Crippen LogP contribution is 2.08. The van der Waals surface area contributed by atoms with Crippen molar-refractivity contribution < 1.29 is 0 Å². The van der Waals surface area contributed by atoms with Crippen LogP contribution in [0.15, 0.2) is 35.6 Å². The third-order valence-electron chi connectivity index (χ3n) is 3.40. The fourth-order valence-corrected chi connectivity index (χ4v) is 2.22. The van der Waals surface area contributed by atoms with Crippen molar-refractivity contribution in [3.05, 3.63) is 41.7 Å². The Bertz CT molecular complexity index is 463. The molecule has 1 heterocycles. The van der Waals surface area contributed by atoms with Crippen molar-refractivity contribution in [1.29, 1.82) is 0 Å². The Balaban J connectivity index is 0.00000200. The third-order valence-corrected chi connectivity index (χ3v) is 3.40. The smallest absolute Gasteiger partial charge is 0.191 e. The molecule has 1 aromatic rings. The molecule has 1 aliphatic carbocycles. The molecule has 0 atom stereocenters. The zero-order valence-corrected chi connectivity index (χ0v) is 14.4. The highest BCUT2D eigenvalue weighted by Gasteiger charge is 2.11. The van der Waals surface area contributed by atoms with E-state index in [1.54, 1.807) is 0 Å². The molecular formula is C15H23IN4. The summed E-state index contributed by atoms with van der Waals surface area (Å²) in [5.41, 5.74) is 2.58. The lowest BCUT2D eigenvalue weighted by molar-refractivity contribution is 0.632. The summed E-state index contributed by atoms with van der Waals surface area (Å²) in [5, 5.41) is 6.79. The number of aryl methyl sites for hydroxylation is 1. The summed E-state index contributed by atoms with van der Waals surface area (Å²) in [6.45, 7) is 2.98. The molecule has 110 valence electrons. The van der Waals surface area contributed by atoms with E-state index in [0.717, 1.165) is 31.8 Å². The predicted molar refractivity (Wildman–Crippen MR) is 94.8 cm³/mol. The van der Waals surface area contributed by atoms with Gasteiger partial charge in [-0.05, 0) is 43.4 Å². The Kier molecular flexibility index (Phi) is 7.58. The first-order valence-corrected chi connectivity index (χ1v) is 6.81. The largest absolute Gasteiger partial charge is 0.356 e. The Morgan fingerprint density at radius 3 is 2.80 bits per heavy atom. The molecule has 0 aromatic carbocycles. The molecule has 4 nitrogen and oxygen atoms in total. The van der Waals surface area contributed by atoms with Crippen LogP contribution in [0.4, 0.5) is 0 Å². The summed E-state index contributed by atoms with van der Waals surface area (Å²) < 4.78 is 0. The van der Waals surface area contributed by atoms with Crippen LogP contribution in [0.25, 0.3) is 0 Å². The first kappa shape index (κ1) is 16.9. The maximum Gasteiger partial charge on any atom is 0.191 e. The van der Waals surface area contributed by atoms with Crippen LogP contribution >= 0.6 is 24.0 Å². The van der Waals surface area contributed by atoms with E-state index in [-0.39, 0.29) is 24.0 Å². The monoisotopic (exact) mass is 386 g/mol. The molecule has 0 radical (unpaired) electrons. The molecule has 0 fully saturated rings. The molecule has 1 aliphatic rings. The van der Waals surface area contributed by atoms with Gasteiger partial charge in [-0.15, -0.1) is 24.0 Å². The minimum atomic E-state index is 0. The van der Waals surface area contributed by atoms with E-state index < -0.39 is 0 Å². The van der Waals surface area contributed by atoms with E-state index in [1.807, 2.05) is 19.4 Å². The molecule has 5 heteroatoms. The Labute approximate surface area is 138 Å². The molecule has 0 aliphatic heterocycles. The van der Waals surface area contributed by atoms with Crippen LogP contribution in [-0.4, -0.2) is 30.6 Å². The second kappa shape index (κ2) is 8.94. The fourth-order valence-electron chi connectivity index (χ4n) is 2.22. The van der Waals surface area contributed by atoms with Gasteiger partial charge in [-0.25, -0.2) is 0 Å². The van der Waals surface area contributed by atoms with Gasteiger partial charge in [-0.3, -0.25) is 9.98 Å². The number of aromatic nitrogens is 1. The summed E-state index contributed by atoms with van der Waals surface area (Å²) in [6.07, 6.45) is 11.3. The van der Waals surface area contributed by atoms with Crippen molar-refractivity contribution >= 4 is 29.9 Å². The van der Waals surface area contributed by atoms with E-state index in [0.29, 0.717) is 6.04 Å². The van der Waals surface area contributed by atoms with Crippen molar-refractivity contribution in [2.75, 3.05) is 13.6 Å². The maximum atomic E-state index is 4.26. The van der Waals surface area contributed by atoms with Crippen LogP contribution in [0.5, 0.6) is 0 Å². The van der Waals surface area contributed by atoms with Crippen LogP contribution < -0.4 is 10.6 Å². The van der Waals surface area contributed by atoms with Crippen molar-refractivity contribution in [3.63, 3.8) is 0 Å². The normalized spacial score (nSPS) is 15.0. The summed E-state index contributed by atoms with van der Waals surface area (Å²) in [7, 11) is 1.81. The molecule has 0 saturated carbocycles. The van der Waals surface area contributed by atoms with Crippen LogP contribution in [0.3, 0.4) is 0 Å². The topological polar surface area (TPSA) is 49.3 Å². The minimum Gasteiger partial charge on any atom is -0.356 e. The zero-order chi connectivity index (χ0) is 13.5. The third kappa shape index (κ3) is 5.11. The van der Waals surface area contributed by atoms with Crippen LogP contribution in [-0.2, 0) is 6.42 Å². The average molecular weight is 386 g/mol. The predicted octanol–water partition coefficient (Wildman–Crippen LogP) is 2.43. The van der Waals surface area contributed by atoms with Gasteiger partial charge in [0.2, 0.25) is 0 Å². The summed E-state index contributed by atoms with van der Waals surface area (Å²) in [6, 6.07) is 2.57. The first-order valence-electron chi connectivity index (χ1n) is 6.81. The van der Waals surface area contributed by atoms with Gasteiger partial charge < -0.3 is 10.6 Å². The number of halogens is 1. The van der Waals surface area contributed by atoms with Gasteiger partial charge in [0.15, 0.2) is 5.96 Å². The first-order chi connectivity index (χ1) is 9.29. The maximum absolute atomic E-state index is 4.26. The van der Waals surface area contributed by atoms with Crippen molar-refractivity contribution in [3.8, 4) is 0 Å². The Morgan fingerprint density at radius 1 is 1.40 bits per heavy atom. The van der Waals surface area contributed by atoms with Crippen molar-refractivity contribution in [1.82, 2.24) is 15.6 Å². The number of guanidine groups is 1. The fraction of sp³-hybridized carbons (Fsp3) is 0.467. The number of nitrogens with zero attached hydrogens (tertiary/aromatic N) is 2. The van der Waals surface area contributed by atoms with Crippen molar-refractivity contribution in [2.45, 2.75) is 32.2 Å². The van der Waals surface area contributed by atoms with Crippen LogP contribution in [0.1, 0.15) is 24.0 Å². The van der Waals surface area contributed by atoms with Gasteiger partial charge in [0, 0.05) is 32.0 Å². The van der Waals surface area contributed by atoms with Gasteiger partial charge in [-0.2, -0.15) is 0 Å². The molecule has 0 bridgehead atoms. The summed E-state index contributed by atoms with van der Waals surface area (Å²) in [5.74, 6) is 0.889. The standard InChI is InChI=1S/C15H22N4.HI/c1-12-11-17-9-7-13(12)8-10-18-15(16-2)19-14-5-3-4-6-14;/h3-4,7,9,11,14H,5-6,8,10H2,1-2H3,(H2,16,18,19);1H. The van der Waals surface area contributed by atoms with Gasteiger partial charge in [0.1, 0.15) is 0 Å². The van der Waals surface area contributed by atoms with Crippen LogP contribution in [0, 0.1) is 6.92 Å². The van der Waals surface area contributed by atoms with Gasteiger partial charge in [-0.1, -0.05) is 12.2 Å². The number of rotatable bonds is 4. The molecule has 1 aromatic heterocycles. The van der Waals surface area contributed by atoms with E-state index >= 15 is 0 Å². The number of pyridine rings is 1. The molecule has 2 N–H and O–H groups in total. The lowest BCUT2D eigenvalue weighted by Gasteiger charge is -2.17. The molecule has 0 saturated heterocycles. The van der Waals surface area contributed by atoms with E-state index in [4.69, 9.17) is 0 Å². The highest BCUT2D eigenvalue weighted by atomic mass is 127. The number of aliphatic imine (C=N–C) groups is 1. The molecule has 20 heavy (non-hydrogen) atoms. The number of hydrogen-bond acceptors (Lipinski definition) is 2. The second-order valence-electron chi connectivity index (χ2n) is 4.84. The minimum absolute atomic E-state index is 0. The summed E-state index contributed by atoms with van der Waals surface area (Å²) >= 11 is 0. The van der Waals surface area contributed by atoms with Crippen LogP contribution in [0.2, 0.25) is 0 Å². The quantitative estimate of drug-likeness (QED) is 0.362. The van der Waals surface area contributed by atoms with E-state index in [2.05, 4.69) is 45.8 Å². The molecule has 0 unspecified atom stereocenters. The van der Waals surface area contributed by atoms with Gasteiger partial charge >= 0.3 is 0 Å². The zero-order valence-electron chi connectivity index (χ0n) is 12.1. The van der Waals surface area contributed by atoms with Crippen molar-refractivity contribution in [2.24, 2.45) is 4.99 Å².